The maximum Gasteiger partial charge on any atom is 0.338 e. The van der Waals surface area contributed by atoms with Crippen LogP contribution in [0.5, 0.6) is 0 Å². The highest BCUT2D eigenvalue weighted by molar-refractivity contribution is 6.34. The maximum absolute atomic E-state index is 13.3. The van der Waals surface area contributed by atoms with E-state index < -0.39 is 23.6 Å². The van der Waals surface area contributed by atoms with Crippen molar-refractivity contribution in [3.63, 3.8) is 0 Å². The average Bonchev–Trinajstić information content (AvgIpc) is 2.78. The fourth-order valence-corrected chi connectivity index (χ4v) is 2.43. The van der Waals surface area contributed by atoms with E-state index in [1.165, 1.54) is 36.4 Å². The summed E-state index contributed by atoms with van der Waals surface area (Å²) in [5.41, 5.74) is 0.610. The highest BCUT2D eigenvalue weighted by atomic mass is 19.1. The van der Waals surface area contributed by atoms with Gasteiger partial charge in [0.05, 0.1) is 29.0 Å². The quantitative estimate of drug-likeness (QED) is 0.645. The van der Waals surface area contributed by atoms with Crippen LogP contribution in [0.1, 0.15) is 38.0 Å². The minimum Gasteiger partial charge on any atom is -0.462 e. The van der Waals surface area contributed by atoms with Gasteiger partial charge in [-0.2, -0.15) is 0 Å². The van der Waals surface area contributed by atoms with Gasteiger partial charge >= 0.3 is 5.97 Å². The smallest absolute Gasteiger partial charge is 0.338 e. The summed E-state index contributed by atoms with van der Waals surface area (Å²) in [6.45, 7) is 1.88. The van der Waals surface area contributed by atoms with Gasteiger partial charge < -0.3 is 4.74 Å². The van der Waals surface area contributed by atoms with Crippen LogP contribution in [-0.2, 0) is 4.74 Å². The van der Waals surface area contributed by atoms with Crippen molar-refractivity contribution >= 4 is 23.5 Å². The summed E-state index contributed by atoms with van der Waals surface area (Å²) < 4.78 is 18.2. The molecule has 0 saturated heterocycles. The second-order valence-corrected chi connectivity index (χ2v) is 4.91. The average molecular weight is 313 g/mol. The molecule has 2 aromatic carbocycles. The molecule has 0 unspecified atom stereocenters. The van der Waals surface area contributed by atoms with Gasteiger partial charge in [-0.15, -0.1) is 0 Å². The minimum absolute atomic E-state index is 0.102. The first-order valence-corrected chi connectivity index (χ1v) is 6.98. The van der Waals surface area contributed by atoms with E-state index in [0.29, 0.717) is 0 Å². The first-order valence-electron chi connectivity index (χ1n) is 6.98. The Balaban J connectivity index is 2.02. The Morgan fingerprint density at radius 3 is 2.52 bits per heavy atom. The summed E-state index contributed by atoms with van der Waals surface area (Å²) in [4.78, 5) is 37.5. The van der Waals surface area contributed by atoms with Gasteiger partial charge in [0.1, 0.15) is 5.82 Å². The van der Waals surface area contributed by atoms with Crippen LogP contribution in [0.2, 0.25) is 0 Å². The zero-order chi connectivity index (χ0) is 16.6. The molecule has 0 atom stereocenters. The summed E-state index contributed by atoms with van der Waals surface area (Å²) in [6, 6.07) is 9.37. The van der Waals surface area contributed by atoms with Crippen LogP contribution in [0.25, 0.3) is 0 Å². The van der Waals surface area contributed by atoms with E-state index >= 15 is 0 Å². The summed E-state index contributed by atoms with van der Waals surface area (Å²) in [6.07, 6.45) is 0. The molecule has 0 spiro atoms. The second kappa shape index (κ2) is 5.64. The molecular formula is C17H12FNO4. The van der Waals surface area contributed by atoms with Gasteiger partial charge in [0.15, 0.2) is 0 Å². The summed E-state index contributed by atoms with van der Waals surface area (Å²) >= 11 is 0. The molecule has 0 bridgehead atoms. The number of esters is 1. The zero-order valence-corrected chi connectivity index (χ0v) is 12.2. The predicted molar refractivity (Wildman–Crippen MR) is 79.9 cm³/mol. The van der Waals surface area contributed by atoms with Crippen molar-refractivity contribution in [1.82, 2.24) is 0 Å². The van der Waals surface area contributed by atoms with Gasteiger partial charge in [-0.1, -0.05) is 6.07 Å². The third kappa shape index (κ3) is 2.48. The number of nitrogens with zero attached hydrogens (tertiary/aromatic N) is 1. The molecule has 0 aliphatic carbocycles. The number of carbonyl (C=O) groups is 3. The Morgan fingerprint density at radius 2 is 1.83 bits per heavy atom. The van der Waals surface area contributed by atoms with Gasteiger partial charge in [-0.25, -0.2) is 14.1 Å². The number of hydrogen-bond donors (Lipinski definition) is 0. The Bertz CT molecular complexity index is 831. The largest absolute Gasteiger partial charge is 0.462 e. The van der Waals surface area contributed by atoms with Gasteiger partial charge in [0.25, 0.3) is 11.8 Å². The van der Waals surface area contributed by atoms with Crippen molar-refractivity contribution in [2.75, 3.05) is 11.5 Å². The lowest BCUT2D eigenvalue weighted by molar-refractivity contribution is 0.0526. The van der Waals surface area contributed by atoms with Crippen LogP contribution in [-0.4, -0.2) is 24.4 Å². The molecule has 0 aromatic heterocycles. The fourth-order valence-electron chi connectivity index (χ4n) is 2.43. The Hall–Kier alpha value is -3.02. The highest BCUT2D eigenvalue weighted by Gasteiger charge is 2.37. The first kappa shape index (κ1) is 14.9. The Kier molecular flexibility index (Phi) is 3.65. The number of imide groups is 1. The molecular weight excluding hydrogens is 301 g/mol. The monoisotopic (exact) mass is 313 g/mol. The third-order valence-corrected chi connectivity index (χ3v) is 3.46. The Labute approximate surface area is 131 Å². The zero-order valence-electron chi connectivity index (χ0n) is 12.2. The fraction of sp³-hybridized carbons (Fsp3) is 0.118. The number of halogens is 1. The number of carbonyl (C=O) groups excluding carboxylic acids is 3. The molecule has 0 fully saturated rings. The normalized spacial score (nSPS) is 13.2. The number of rotatable bonds is 3. The van der Waals surface area contributed by atoms with Crippen LogP contribution < -0.4 is 4.90 Å². The van der Waals surface area contributed by atoms with Crippen LogP contribution >= 0.6 is 0 Å². The van der Waals surface area contributed by atoms with E-state index in [9.17, 15) is 18.8 Å². The first-order chi connectivity index (χ1) is 11.0. The van der Waals surface area contributed by atoms with Crippen molar-refractivity contribution < 1.29 is 23.5 Å². The summed E-state index contributed by atoms with van der Waals surface area (Å²) in [5.74, 6) is -2.27. The molecule has 3 rings (SSSR count). The van der Waals surface area contributed by atoms with E-state index in [2.05, 4.69) is 0 Å². The number of anilines is 1. The molecule has 116 valence electrons. The lowest BCUT2D eigenvalue weighted by Crippen LogP contribution is -2.29. The summed E-state index contributed by atoms with van der Waals surface area (Å²) in [7, 11) is 0. The van der Waals surface area contributed by atoms with E-state index in [4.69, 9.17) is 4.74 Å². The van der Waals surface area contributed by atoms with Crippen molar-refractivity contribution in [1.29, 1.82) is 0 Å². The van der Waals surface area contributed by atoms with Crippen molar-refractivity contribution in [3.8, 4) is 0 Å². The molecule has 0 N–H and O–H groups in total. The molecule has 1 aliphatic heterocycles. The highest BCUT2D eigenvalue weighted by Crippen LogP contribution is 2.29. The van der Waals surface area contributed by atoms with Crippen molar-refractivity contribution in [2.24, 2.45) is 0 Å². The van der Waals surface area contributed by atoms with Gasteiger partial charge in [0, 0.05) is 0 Å². The lowest BCUT2D eigenvalue weighted by Gasteiger charge is -2.13. The number of amides is 2. The SMILES string of the molecule is CCOC(=O)c1ccc2c(c1)C(=O)N(c1cccc(F)c1)C2=O. The standard InChI is InChI=1S/C17H12FNO4/c1-2-23-17(22)10-6-7-13-14(8-10)16(21)19(15(13)20)12-5-3-4-11(18)9-12/h3-9H,2H2,1H3. The number of benzene rings is 2. The lowest BCUT2D eigenvalue weighted by atomic mass is 10.1. The predicted octanol–water partition coefficient (Wildman–Crippen LogP) is 2.80. The van der Waals surface area contributed by atoms with Gasteiger partial charge in [-0.05, 0) is 43.3 Å². The van der Waals surface area contributed by atoms with Gasteiger partial charge in [-0.3, -0.25) is 9.59 Å². The van der Waals surface area contributed by atoms with Crippen LogP contribution in [0.4, 0.5) is 10.1 Å². The van der Waals surface area contributed by atoms with E-state index in [1.54, 1.807) is 6.92 Å². The number of hydrogen-bond acceptors (Lipinski definition) is 4. The molecule has 5 nitrogen and oxygen atoms in total. The second-order valence-electron chi connectivity index (χ2n) is 4.91. The van der Waals surface area contributed by atoms with Crippen molar-refractivity contribution in [3.05, 3.63) is 65.0 Å². The minimum atomic E-state index is -0.596. The molecule has 2 amide bonds. The van der Waals surface area contributed by atoms with Gasteiger partial charge in [0.2, 0.25) is 0 Å². The van der Waals surface area contributed by atoms with E-state index in [-0.39, 0.29) is 29.0 Å². The molecule has 0 radical (unpaired) electrons. The summed E-state index contributed by atoms with van der Waals surface area (Å²) in [5, 5.41) is 0. The van der Waals surface area contributed by atoms with Crippen molar-refractivity contribution in [2.45, 2.75) is 6.92 Å². The molecule has 1 heterocycles. The third-order valence-electron chi connectivity index (χ3n) is 3.46. The molecule has 1 aliphatic rings. The van der Waals surface area contributed by atoms with Crippen LogP contribution in [0.3, 0.4) is 0 Å². The number of ether oxygens (including phenoxy) is 1. The molecule has 23 heavy (non-hydrogen) atoms. The Morgan fingerprint density at radius 1 is 1.09 bits per heavy atom. The number of fused-ring (bicyclic) bond motifs is 1. The molecule has 0 saturated carbocycles. The van der Waals surface area contributed by atoms with Crippen LogP contribution in [0, 0.1) is 5.82 Å². The maximum atomic E-state index is 13.3. The van der Waals surface area contributed by atoms with E-state index in [1.807, 2.05) is 0 Å². The molecule has 2 aromatic rings. The molecule has 6 heteroatoms. The van der Waals surface area contributed by atoms with Crippen LogP contribution in [0.15, 0.2) is 42.5 Å². The van der Waals surface area contributed by atoms with E-state index in [0.717, 1.165) is 11.0 Å². The topological polar surface area (TPSA) is 63.7 Å².